The number of carbonyl (C=O) groups is 3. The zero-order valence-corrected chi connectivity index (χ0v) is 17.8. The Morgan fingerprint density at radius 2 is 1.70 bits per heavy atom. The maximum atomic E-state index is 13.8. The zero-order valence-electron chi connectivity index (χ0n) is 17.8. The molecule has 6 rings (SSSR count). The topological polar surface area (TPSA) is 80.1 Å². The first-order valence-electron chi connectivity index (χ1n) is 10.7. The highest BCUT2D eigenvalue weighted by molar-refractivity contribution is 6.24. The van der Waals surface area contributed by atoms with Gasteiger partial charge in [0.1, 0.15) is 11.8 Å². The van der Waals surface area contributed by atoms with Gasteiger partial charge < -0.3 is 14.1 Å². The number of imide groups is 1. The molecule has 0 aliphatic carbocycles. The second-order valence-corrected chi connectivity index (χ2v) is 8.38. The molecule has 4 heterocycles. The number of hydrogen-bond donors (Lipinski definition) is 0. The van der Waals surface area contributed by atoms with Gasteiger partial charge in [-0.3, -0.25) is 14.4 Å². The number of Topliss-reactive ketones (excluding diaryl/α,β-unsaturated/α-hetero) is 1. The van der Waals surface area contributed by atoms with Crippen molar-refractivity contribution >= 4 is 29.4 Å². The normalized spacial score (nSPS) is 25.1. The standard InChI is InChI=1S/C26H20N2O5/c1-32-17-10-8-16(9-11-17)28-25(30)20-21(26(28)31)23(24(29)19-7-4-14-33-19)27-13-12-15-5-2-3-6-18(15)22(20)27/h2-14,20-23H,1H3/t20-,21+,22+,23+/m0/s1. The molecule has 2 saturated heterocycles. The van der Waals surface area contributed by atoms with E-state index in [0.29, 0.717) is 11.4 Å². The molecule has 0 saturated carbocycles. The third kappa shape index (κ3) is 2.72. The first-order valence-corrected chi connectivity index (χ1v) is 10.7. The Kier molecular flexibility index (Phi) is 4.26. The second kappa shape index (κ2) is 7.20. The number of hydrogen-bond acceptors (Lipinski definition) is 6. The molecule has 33 heavy (non-hydrogen) atoms. The SMILES string of the molecule is COc1ccc(N2C(=O)[C@@H]3[C@H](C2=O)[C@H]2c4ccccc4C=CN2[C@H]3C(=O)c2ccco2)cc1. The molecular weight excluding hydrogens is 420 g/mol. The van der Waals surface area contributed by atoms with Gasteiger partial charge in [0, 0.05) is 6.20 Å². The number of furan rings is 1. The number of carbonyl (C=O) groups excluding carboxylic acids is 3. The largest absolute Gasteiger partial charge is 0.497 e. The molecule has 1 aromatic heterocycles. The smallest absolute Gasteiger partial charge is 0.240 e. The van der Waals surface area contributed by atoms with Crippen LogP contribution < -0.4 is 9.64 Å². The maximum absolute atomic E-state index is 13.8. The van der Waals surface area contributed by atoms with Gasteiger partial charge in [-0.25, -0.2) is 4.90 Å². The average molecular weight is 440 g/mol. The highest BCUT2D eigenvalue weighted by Crippen LogP contribution is 2.53. The highest BCUT2D eigenvalue weighted by Gasteiger charge is 2.64. The summed E-state index contributed by atoms with van der Waals surface area (Å²) in [5, 5.41) is 0. The Labute approximate surface area is 189 Å². The number of amides is 2. The fraction of sp³-hybridized carbons (Fsp3) is 0.192. The average Bonchev–Trinajstić information content (AvgIpc) is 3.55. The molecule has 7 nitrogen and oxygen atoms in total. The minimum absolute atomic E-state index is 0.176. The van der Waals surface area contributed by atoms with Gasteiger partial charge >= 0.3 is 0 Å². The number of anilines is 1. The van der Waals surface area contributed by atoms with Crippen molar-refractivity contribution in [1.29, 1.82) is 0 Å². The third-order valence-corrected chi connectivity index (χ3v) is 6.82. The van der Waals surface area contributed by atoms with E-state index in [-0.39, 0.29) is 23.4 Å². The third-order valence-electron chi connectivity index (χ3n) is 6.82. The van der Waals surface area contributed by atoms with Crippen molar-refractivity contribution in [3.8, 4) is 5.75 Å². The molecule has 0 spiro atoms. The molecule has 0 N–H and O–H groups in total. The Hall–Kier alpha value is -4.13. The van der Waals surface area contributed by atoms with Gasteiger partial charge in [0.25, 0.3) is 0 Å². The fourth-order valence-electron chi connectivity index (χ4n) is 5.41. The van der Waals surface area contributed by atoms with Crippen LogP contribution >= 0.6 is 0 Å². The van der Waals surface area contributed by atoms with Crippen LogP contribution in [-0.2, 0) is 9.59 Å². The summed E-state index contributed by atoms with van der Waals surface area (Å²) < 4.78 is 10.6. The number of fused-ring (bicyclic) bond motifs is 5. The number of ether oxygens (including phenoxy) is 1. The number of benzene rings is 2. The van der Waals surface area contributed by atoms with Crippen LogP contribution in [-0.4, -0.2) is 35.6 Å². The minimum atomic E-state index is -0.838. The summed E-state index contributed by atoms with van der Waals surface area (Å²) in [6.45, 7) is 0. The van der Waals surface area contributed by atoms with E-state index in [1.54, 1.807) is 43.5 Å². The fourth-order valence-corrected chi connectivity index (χ4v) is 5.41. The van der Waals surface area contributed by atoms with Crippen molar-refractivity contribution in [2.45, 2.75) is 12.1 Å². The summed E-state index contributed by atoms with van der Waals surface area (Å²) >= 11 is 0. The lowest BCUT2D eigenvalue weighted by atomic mass is 9.84. The molecule has 2 amide bonds. The summed E-state index contributed by atoms with van der Waals surface area (Å²) in [5.41, 5.74) is 2.38. The predicted octanol–water partition coefficient (Wildman–Crippen LogP) is 3.69. The first-order chi connectivity index (χ1) is 16.1. The highest BCUT2D eigenvalue weighted by atomic mass is 16.5. The molecule has 7 heteroatoms. The van der Waals surface area contributed by atoms with Crippen molar-refractivity contribution in [3.05, 3.63) is 90.0 Å². The van der Waals surface area contributed by atoms with Crippen molar-refractivity contribution in [2.75, 3.05) is 12.0 Å². The summed E-state index contributed by atoms with van der Waals surface area (Å²) in [7, 11) is 1.55. The molecule has 2 fully saturated rings. The van der Waals surface area contributed by atoms with E-state index >= 15 is 0 Å². The van der Waals surface area contributed by atoms with Crippen LogP contribution in [0.15, 0.2) is 77.5 Å². The van der Waals surface area contributed by atoms with E-state index in [9.17, 15) is 14.4 Å². The van der Waals surface area contributed by atoms with Crippen LogP contribution in [0.3, 0.4) is 0 Å². The lowest BCUT2D eigenvalue weighted by Gasteiger charge is -2.35. The van der Waals surface area contributed by atoms with E-state index in [4.69, 9.17) is 9.15 Å². The van der Waals surface area contributed by atoms with Gasteiger partial charge in [-0.05, 0) is 53.6 Å². The molecule has 164 valence electrons. The molecule has 4 atom stereocenters. The number of ketones is 1. The van der Waals surface area contributed by atoms with Gasteiger partial charge in [0.2, 0.25) is 17.6 Å². The molecule has 3 aliphatic heterocycles. The van der Waals surface area contributed by atoms with E-state index in [0.717, 1.165) is 11.1 Å². The Morgan fingerprint density at radius 3 is 2.42 bits per heavy atom. The summed E-state index contributed by atoms with van der Waals surface area (Å²) in [6.07, 6.45) is 5.18. The second-order valence-electron chi connectivity index (χ2n) is 8.38. The summed E-state index contributed by atoms with van der Waals surface area (Å²) in [6, 6.07) is 16.5. The molecule has 0 unspecified atom stereocenters. The first kappa shape index (κ1) is 19.5. The Bertz CT molecular complexity index is 1290. The maximum Gasteiger partial charge on any atom is 0.240 e. The van der Waals surface area contributed by atoms with Gasteiger partial charge in [-0.1, -0.05) is 24.3 Å². The van der Waals surface area contributed by atoms with Gasteiger partial charge in [0.15, 0.2) is 5.76 Å². The van der Waals surface area contributed by atoms with Crippen LogP contribution in [0, 0.1) is 11.8 Å². The summed E-state index contributed by atoms with van der Waals surface area (Å²) in [4.78, 5) is 44.1. The molecule has 0 bridgehead atoms. The van der Waals surface area contributed by atoms with Crippen LogP contribution in [0.1, 0.15) is 27.7 Å². The van der Waals surface area contributed by atoms with Crippen molar-refractivity contribution in [1.82, 2.24) is 4.90 Å². The lowest BCUT2D eigenvalue weighted by Crippen LogP contribution is -2.44. The van der Waals surface area contributed by atoms with Crippen molar-refractivity contribution < 1.29 is 23.5 Å². The Morgan fingerprint density at radius 1 is 0.939 bits per heavy atom. The van der Waals surface area contributed by atoms with E-state index in [2.05, 4.69) is 0 Å². The van der Waals surface area contributed by atoms with Crippen LogP contribution in [0.25, 0.3) is 6.08 Å². The van der Waals surface area contributed by atoms with Crippen molar-refractivity contribution in [2.24, 2.45) is 11.8 Å². The molecule has 0 radical (unpaired) electrons. The molecule has 3 aliphatic rings. The number of rotatable bonds is 4. The van der Waals surface area contributed by atoms with Crippen LogP contribution in [0.4, 0.5) is 5.69 Å². The van der Waals surface area contributed by atoms with Gasteiger partial charge in [0.05, 0.1) is 36.9 Å². The van der Waals surface area contributed by atoms with Crippen molar-refractivity contribution in [3.63, 3.8) is 0 Å². The van der Waals surface area contributed by atoms with E-state index < -0.39 is 23.9 Å². The van der Waals surface area contributed by atoms with E-state index in [1.807, 2.05) is 41.4 Å². The number of nitrogens with zero attached hydrogens (tertiary/aromatic N) is 2. The molecule has 3 aromatic rings. The lowest BCUT2D eigenvalue weighted by molar-refractivity contribution is -0.123. The molecular formula is C26H20N2O5. The zero-order chi connectivity index (χ0) is 22.7. The van der Waals surface area contributed by atoms with Crippen LogP contribution in [0.5, 0.6) is 5.75 Å². The van der Waals surface area contributed by atoms with E-state index in [1.165, 1.54) is 11.2 Å². The monoisotopic (exact) mass is 440 g/mol. The predicted molar refractivity (Wildman–Crippen MR) is 119 cm³/mol. The molecule has 2 aromatic carbocycles. The minimum Gasteiger partial charge on any atom is -0.497 e. The Balaban J connectivity index is 1.48. The summed E-state index contributed by atoms with van der Waals surface area (Å²) in [5.74, 6) is -1.69. The van der Waals surface area contributed by atoms with Gasteiger partial charge in [-0.2, -0.15) is 0 Å². The van der Waals surface area contributed by atoms with Crippen LogP contribution in [0.2, 0.25) is 0 Å². The quantitative estimate of drug-likeness (QED) is 0.455. The number of methoxy groups -OCH3 is 1. The van der Waals surface area contributed by atoms with Gasteiger partial charge in [-0.15, -0.1) is 0 Å².